The Morgan fingerprint density at radius 2 is 1.92 bits per heavy atom. The quantitative estimate of drug-likeness (QED) is 0.619. The van der Waals surface area contributed by atoms with Gasteiger partial charge in [0, 0.05) is 25.1 Å². The summed E-state index contributed by atoms with van der Waals surface area (Å²) in [6.07, 6.45) is 3.84. The van der Waals surface area contributed by atoms with E-state index in [0.29, 0.717) is 5.56 Å². The molecule has 0 aliphatic rings. The van der Waals surface area contributed by atoms with Crippen LogP contribution in [0.1, 0.15) is 15.9 Å². The Hall–Kier alpha value is -3.34. The highest BCUT2D eigenvalue weighted by Crippen LogP contribution is 2.26. The van der Waals surface area contributed by atoms with Crippen LogP contribution >= 0.6 is 0 Å². The lowest BCUT2D eigenvalue weighted by atomic mass is 10.2. The van der Waals surface area contributed by atoms with Gasteiger partial charge in [0.2, 0.25) is 0 Å². The van der Waals surface area contributed by atoms with Gasteiger partial charge in [-0.25, -0.2) is 0 Å². The number of pyridine rings is 1. The maximum absolute atomic E-state index is 12.8. The van der Waals surface area contributed by atoms with Gasteiger partial charge >= 0.3 is 0 Å². The van der Waals surface area contributed by atoms with E-state index in [9.17, 15) is 4.79 Å². The standard InChI is InChI=1S/C20H18N4O/c1-14-6-5-7-15(12-14)21-20(25)16-13-19(17-9-11-23(2)22-17)24-10-4-3-8-18(16)24/h3-13H,1-2H3,(H,21,25). The van der Waals surface area contributed by atoms with Crippen molar-refractivity contribution in [3.8, 4) is 11.4 Å². The van der Waals surface area contributed by atoms with Crippen LogP contribution in [0.15, 0.2) is 67.0 Å². The molecule has 5 nitrogen and oxygen atoms in total. The Morgan fingerprint density at radius 3 is 2.68 bits per heavy atom. The lowest BCUT2D eigenvalue weighted by molar-refractivity contribution is 0.102. The van der Waals surface area contributed by atoms with Crippen molar-refractivity contribution >= 4 is 17.1 Å². The summed E-state index contributed by atoms with van der Waals surface area (Å²) in [5.41, 5.74) is 5.10. The molecular weight excluding hydrogens is 312 g/mol. The predicted molar refractivity (Wildman–Crippen MR) is 98.7 cm³/mol. The number of carbonyl (C=O) groups excluding carboxylic acids is 1. The van der Waals surface area contributed by atoms with Gasteiger partial charge in [0.05, 0.1) is 16.8 Å². The average molecular weight is 330 g/mol. The first-order valence-electron chi connectivity index (χ1n) is 8.10. The van der Waals surface area contributed by atoms with Crippen LogP contribution in [0.5, 0.6) is 0 Å². The fourth-order valence-electron chi connectivity index (χ4n) is 3.01. The number of carbonyl (C=O) groups is 1. The summed E-state index contributed by atoms with van der Waals surface area (Å²) in [5, 5.41) is 7.45. The normalized spacial score (nSPS) is 11.0. The van der Waals surface area contributed by atoms with Gasteiger partial charge in [-0.1, -0.05) is 18.2 Å². The third-order valence-electron chi connectivity index (χ3n) is 4.17. The van der Waals surface area contributed by atoms with Gasteiger partial charge < -0.3 is 9.72 Å². The summed E-state index contributed by atoms with van der Waals surface area (Å²) in [4.78, 5) is 12.8. The molecule has 0 spiro atoms. The van der Waals surface area contributed by atoms with E-state index in [2.05, 4.69) is 10.4 Å². The molecule has 5 heteroatoms. The fraction of sp³-hybridized carbons (Fsp3) is 0.100. The number of amides is 1. The number of fused-ring (bicyclic) bond motifs is 1. The molecule has 3 aromatic heterocycles. The zero-order valence-electron chi connectivity index (χ0n) is 14.1. The molecule has 0 saturated heterocycles. The summed E-state index contributed by atoms with van der Waals surface area (Å²) >= 11 is 0. The second kappa shape index (κ2) is 5.94. The van der Waals surface area contributed by atoms with Crippen molar-refractivity contribution in [2.24, 2.45) is 7.05 Å². The van der Waals surface area contributed by atoms with E-state index in [4.69, 9.17) is 0 Å². The first kappa shape index (κ1) is 15.2. The number of nitrogens with zero attached hydrogens (tertiary/aromatic N) is 3. The minimum Gasteiger partial charge on any atom is -0.322 e. The fourth-order valence-corrected chi connectivity index (χ4v) is 3.01. The molecule has 0 bridgehead atoms. The molecule has 4 aromatic rings. The van der Waals surface area contributed by atoms with Gasteiger partial charge in [-0.15, -0.1) is 0 Å². The summed E-state index contributed by atoms with van der Waals surface area (Å²) in [5.74, 6) is -0.128. The molecule has 1 amide bonds. The third kappa shape index (κ3) is 2.80. The minimum atomic E-state index is -0.128. The second-order valence-corrected chi connectivity index (χ2v) is 6.10. The highest BCUT2D eigenvalue weighted by Gasteiger charge is 2.17. The molecule has 0 saturated carbocycles. The van der Waals surface area contributed by atoms with Crippen molar-refractivity contribution in [1.82, 2.24) is 14.2 Å². The molecule has 124 valence electrons. The van der Waals surface area contributed by atoms with Crippen LogP contribution in [-0.4, -0.2) is 20.1 Å². The molecule has 25 heavy (non-hydrogen) atoms. The van der Waals surface area contributed by atoms with E-state index < -0.39 is 0 Å². The summed E-state index contributed by atoms with van der Waals surface area (Å²) < 4.78 is 3.75. The zero-order valence-corrected chi connectivity index (χ0v) is 14.1. The Balaban J connectivity index is 1.78. The van der Waals surface area contributed by atoms with E-state index >= 15 is 0 Å². The monoisotopic (exact) mass is 330 g/mol. The average Bonchev–Trinajstić information content (AvgIpc) is 3.18. The Kier molecular flexibility index (Phi) is 3.61. The van der Waals surface area contributed by atoms with Gasteiger partial charge in [0.25, 0.3) is 5.91 Å². The first-order chi connectivity index (χ1) is 12.1. The lowest BCUT2D eigenvalue weighted by Crippen LogP contribution is -2.11. The van der Waals surface area contributed by atoms with Crippen LogP contribution in [0.4, 0.5) is 5.69 Å². The molecule has 0 unspecified atom stereocenters. The van der Waals surface area contributed by atoms with Gasteiger partial charge in [-0.3, -0.25) is 9.48 Å². The number of benzene rings is 1. The number of hydrogen-bond donors (Lipinski definition) is 1. The van der Waals surface area contributed by atoms with Crippen molar-refractivity contribution in [2.75, 3.05) is 5.32 Å². The molecule has 3 heterocycles. The number of anilines is 1. The predicted octanol–water partition coefficient (Wildman–Crippen LogP) is 3.90. The molecule has 4 rings (SSSR count). The second-order valence-electron chi connectivity index (χ2n) is 6.10. The largest absolute Gasteiger partial charge is 0.322 e. The van der Waals surface area contributed by atoms with Crippen LogP contribution < -0.4 is 5.32 Å². The maximum atomic E-state index is 12.8. The van der Waals surface area contributed by atoms with E-state index in [1.165, 1.54) is 0 Å². The number of aromatic nitrogens is 3. The van der Waals surface area contributed by atoms with Crippen LogP contribution in [-0.2, 0) is 7.05 Å². The van der Waals surface area contributed by atoms with E-state index in [-0.39, 0.29) is 5.91 Å². The third-order valence-corrected chi connectivity index (χ3v) is 4.17. The first-order valence-corrected chi connectivity index (χ1v) is 8.10. The summed E-state index contributed by atoms with van der Waals surface area (Å²) in [6.45, 7) is 2.00. The van der Waals surface area contributed by atoms with Crippen molar-refractivity contribution < 1.29 is 4.79 Å². The van der Waals surface area contributed by atoms with E-state index in [1.807, 2.05) is 85.4 Å². The van der Waals surface area contributed by atoms with E-state index in [1.54, 1.807) is 4.68 Å². The molecule has 0 radical (unpaired) electrons. The van der Waals surface area contributed by atoms with Gasteiger partial charge in [-0.2, -0.15) is 5.10 Å². The Labute approximate surface area is 145 Å². The smallest absolute Gasteiger partial charge is 0.257 e. The maximum Gasteiger partial charge on any atom is 0.257 e. The Morgan fingerprint density at radius 1 is 1.04 bits per heavy atom. The van der Waals surface area contributed by atoms with Crippen LogP contribution in [0.2, 0.25) is 0 Å². The molecule has 1 N–H and O–H groups in total. The number of rotatable bonds is 3. The lowest BCUT2D eigenvalue weighted by Gasteiger charge is -2.05. The van der Waals surface area contributed by atoms with Gasteiger partial charge in [-0.05, 0) is 48.9 Å². The molecule has 0 aliphatic heterocycles. The molecule has 1 aromatic carbocycles. The van der Waals surface area contributed by atoms with Gasteiger partial charge in [0.1, 0.15) is 5.69 Å². The topological polar surface area (TPSA) is 51.3 Å². The number of nitrogens with one attached hydrogen (secondary N) is 1. The highest BCUT2D eigenvalue weighted by atomic mass is 16.1. The van der Waals surface area contributed by atoms with Crippen molar-refractivity contribution in [3.63, 3.8) is 0 Å². The highest BCUT2D eigenvalue weighted by molar-refractivity contribution is 6.10. The van der Waals surface area contributed by atoms with E-state index in [0.717, 1.165) is 28.2 Å². The molecule has 0 aliphatic carbocycles. The number of hydrogen-bond acceptors (Lipinski definition) is 2. The Bertz CT molecular complexity index is 1070. The van der Waals surface area contributed by atoms with Crippen LogP contribution in [0.25, 0.3) is 16.9 Å². The molecule has 0 atom stereocenters. The van der Waals surface area contributed by atoms with Crippen LogP contribution in [0.3, 0.4) is 0 Å². The minimum absolute atomic E-state index is 0.128. The van der Waals surface area contributed by atoms with Crippen molar-refractivity contribution in [2.45, 2.75) is 6.92 Å². The summed E-state index contributed by atoms with van der Waals surface area (Å²) in [6, 6.07) is 17.4. The molecule has 0 fully saturated rings. The SMILES string of the molecule is Cc1cccc(NC(=O)c2cc(-c3ccn(C)n3)n3ccccc23)c1. The number of aryl methyl sites for hydroxylation is 2. The van der Waals surface area contributed by atoms with Crippen molar-refractivity contribution in [1.29, 1.82) is 0 Å². The summed E-state index contributed by atoms with van der Waals surface area (Å²) in [7, 11) is 1.88. The van der Waals surface area contributed by atoms with Crippen molar-refractivity contribution in [3.05, 3.63) is 78.1 Å². The zero-order chi connectivity index (χ0) is 17.4. The van der Waals surface area contributed by atoms with Gasteiger partial charge in [0.15, 0.2) is 0 Å². The van der Waals surface area contributed by atoms with Crippen LogP contribution in [0, 0.1) is 6.92 Å². The molecular formula is C20H18N4O.